The molecule has 33 heavy (non-hydrogen) atoms. The van der Waals surface area contributed by atoms with Crippen molar-refractivity contribution in [1.29, 1.82) is 0 Å². The summed E-state index contributed by atoms with van der Waals surface area (Å²) in [6, 6.07) is 12.5. The van der Waals surface area contributed by atoms with Crippen molar-refractivity contribution >= 4 is 15.8 Å². The minimum absolute atomic E-state index is 0.172. The molecule has 0 atom stereocenters. The van der Waals surface area contributed by atoms with Gasteiger partial charge in [-0.3, -0.25) is 0 Å². The molecule has 8 heteroatoms. The van der Waals surface area contributed by atoms with Gasteiger partial charge in [-0.1, -0.05) is 13.3 Å². The lowest BCUT2D eigenvalue weighted by atomic mass is 9.90. The van der Waals surface area contributed by atoms with E-state index in [9.17, 15) is 13.2 Å². The van der Waals surface area contributed by atoms with Crippen LogP contribution in [-0.4, -0.2) is 53.7 Å². The van der Waals surface area contributed by atoms with Gasteiger partial charge in [0.25, 0.3) is 0 Å². The second-order valence-electron chi connectivity index (χ2n) is 8.78. The number of ether oxygens (including phenoxy) is 4. The molecule has 1 heterocycles. The van der Waals surface area contributed by atoms with Crippen LogP contribution in [0.15, 0.2) is 53.4 Å². The molecule has 0 aromatic heterocycles. The quantitative estimate of drug-likeness (QED) is 0.242. The third kappa shape index (κ3) is 8.14. The van der Waals surface area contributed by atoms with E-state index in [-0.39, 0.29) is 16.1 Å². The predicted octanol–water partition coefficient (Wildman–Crippen LogP) is 4.30. The number of unbranched alkanes of at least 4 members (excludes halogenated alkanes) is 3. The Morgan fingerprint density at radius 2 is 1.52 bits per heavy atom. The molecule has 1 fully saturated rings. The molecule has 0 amide bonds. The molecule has 0 saturated carbocycles. The maximum Gasteiger partial charge on any atom is 0.343 e. The van der Waals surface area contributed by atoms with E-state index in [4.69, 9.17) is 18.9 Å². The highest BCUT2D eigenvalue weighted by atomic mass is 32.2. The fraction of sp³-hybridized carbons (Fsp3) is 0.480. The van der Waals surface area contributed by atoms with Crippen LogP contribution in [0.1, 0.15) is 43.0 Å². The van der Waals surface area contributed by atoms with E-state index in [1.165, 1.54) is 24.3 Å². The third-order valence-electron chi connectivity index (χ3n) is 5.36. The molecule has 0 unspecified atom stereocenters. The molecule has 0 N–H and O–H groups in total. The summed E-state index contributed by atoms with van der Waals surface area (Å²) >= 11 is 0. The van der Waals surface area contributed by atoms with Gasteiger partial charge in [0.2, 0.25) is 0 Å². The molecule has 2 aromatic rings. The van der Waals surface area contributed by atoms with Gasteiger partial charge in [0.05, 0.1) is 36.9 Å². The monoisotopic (exact) mass is 476 g/mol. The average Bonchev–Trinajstić information content (AvgIpc) is 2.77. The van der Waals surface area contributed by atoms with Crippen molar-refractivity contribution in [3.05, 3.63) is 54.1 Å². The summed E-state index contributed by atoms with van der Waals surface area (Å²) in [5, 5.41) is 0. The molecule has 2 aromatic carbocycles. The second kappa shape index (κ2) is 11.6. The molecule has 7 nitrogen and oxygen atoms in total. The Labute approximate surface area is 195 Å². The molecule has 1 aliphatic rings. The molecular formula is C25H32O7S. The second-order valence-corrected chi connectivity index (χ2v) is 10.8. The maximum absolute atomic E-state index is 12.3. The Hall–Kier alpha value is -2.42. The van der Waals surface area contributed by atoms with Crippen molar-refractivity contribution in [1.82, 2.24) is 0 Å². The smallest absolute Gasteiger partial charge is 0.343 e. The van der Waals surface area contributed by atoms with E-state index >= 15 is 0 Å². The first-order chi connectivity index (χ1) is 15.8. The maximum atomic E-state index is 12.3. The SMILES string of the molecule is CC1(COCCCCCCOc2ccc(C(=O)Oc3ccc(S(C)(=O)=O)cc3)cc2)COC1. The minimum Gasteiger partial charge on any atom is -0.494 e. The van der Waals surface area contributed by atoms with E-state index in [1.807, 2.05) is 0 Å². The van der Waals surface area contributed by atoms with Gasteiger partial charge < -0.3 is 18.9 Å². The summed E-state index contributed by atoms with van der Waals surface area (Å²) < 4.78 is 45.0. The van der Waals surface area contributed by atoms with Gasteiger partial charge >= 0.3 is 5.97 Å². The van der Waals surface area contributed by atoms with Gasteiger partial charge in [-0.25, -0.2) is 13.2 Å². The number of hydrogen-bond acceptors (Lipinski definition) is 7. The van der Waals surface area contributed by atoms with Gasteiger partial charge in [0.1, 0.15) is 11.5 Å². The third-order valence-corrected chi connectivity index (χ3v) is 6.48. The van der Waals surface area contributed by atoms with Crippen molar-refractivity contribution in [3.8, 4) is 11.5 Å². The van der Waals surface area contributed by atoms with E-state index < -0.39 is 15.8 Å². The van der Waals surface area contributed by atoms with Crippen LogP contribution in [0.25, 0.3) is 0 Å². The van der Waals surface area contributed by atoms with E-state index in [0.29, 0.717) is 17.9 Å². The minimum atomic E-state index is -3.29. The van der Waals surface area contributed by atoms with Crippen LogP contribution < -0.4 is 9.47 Å². The largest absolute Gasteiger partial charge is 0.494 e. The van der Waals surface area contributed by atoms with Crippen molar-refractivity contribution in [3.63, 3.8) is 0 Å². The Morgan fingerprint density at radius 1 is 0.909 bits per heavy atom. The van der Waals surface area contributed by atoms with Crippen LogP contribution in [0.2, 0.25) is 0 Å². The molecular weight excluding hydrogens is 444 g/mol. The Kier molecular flexibility index (Phi) is 8.88. The van der Waals surface area contributed by atoms with Crippen LogP contribution in [-0.2, 0) is 19.3 Å². The number of carbonyl (C=O) groups excluding carboxylic acids is 1. The number of esters is 1. The summed E-state index contributed by atoms with van der Waals surface area (Å²) in [5.41, 5.74) is 0.600. The van der Waals surface area contributed by atoms with Crippen molar-refractivity contribution in [2.24, 2.45) is 5.41 Å². The normalized spacial score (nSPS) is 15.0. The van der Waals surface area contributed by atoms with Crippen molar-refractivity contribution in [2.45, 2.75) is 37.5 Å². The fourth-order valence-electron chi connectivity index (χ4n) is 3.31. The van der Waals surface area contributed by atoms with Gasteiger partial charge in [0, 0.05) is 18.3 Å². The number of carbonyl (C=O) groups is 1. The van der Waals surface area contributed by atoms with Crippen LogP contribution in [0.3, 0.4) is 0 Å². The van der Waals surface area contributed by atoms with Crippen LogP contribution in [0.5, 0.6) is 11.5 Å². The standard InChI is InChI=1S/C25H32O7S/c1-25(18-30-19-25)17-29-15-5-3-4-6-16-31-21-9-7-20(8-10-21)24(26)32-22-11-13-23(14-12-22)33(2,27)28/h7-14H,3-6,15-19H2,1-2H3. The molecule has 0 spiro atoms. The highest BCUT2D eigenvalue weighted by Gasteiger charge is 2.33. The zero-order chi connectivity index (χ0) is 23.7. The molecule has 0 aliphatic carbocycles. The Bertz CT molecular complexity index is 994. The van der Waals surface area contributed by atoms with Gasteiger partial charge in [0.15, 0.2) is 9.84 Å². The highest BCUT2D eigenvalue weighted by molar-refractivity contribution is 7.90. The van der Waals surface area contributed by atoms with Gasteiger partial charge in [-0.05, 0) is 67.8 Å². The number of hydrogen-bond donors (Lipinski definition) is 0. The number of rotatable bonds is 13. The number of sulfone groups is 1. The summed E-state index contributed by atoms with van der Waals surface area (Å²) in [6.45, 7) is 5.96. The molecule has 1 saturated heterocycles. The summed E-state index contributed by atoms with van der Waals surface area (Å²) in [4.78, 5) is 12.5. The number of benzene rings is 2. The van der Waals surface area contributed by atoms with E-state index in [1.54, 1.807) is 24.3 Å². The van der Waals surface area contributed by atoms with E-state index in [2.05, 4.69) is 6.92 Å². The lowest BCUT2D eigenvalue weighted by Crippen LogP contribution is -2.43. The first kappa shape index (κ1) is 25.2. The van der Waals surface area contributed by atoms with Crippen LogP contribution in [0, 0.1) is 5.41 Å². The predicted molar refractivity (Wildman–Crippen MR) is 125 cm³/mol. The molecule has 0 bridgehead atoms. The fourth-order valence-corrected chi connectivity index (χ4v) is 3.94. The zero-order valence-electron chi connectivity index (χ0n) is 19.2. The first-order valence-electron chi connectivity index (χ1n) is 11.2. The lowest BCUT2D eigenvalue weighted by molar-refractivity contribution is -0.137. The lowest BCUT2D eigenvalue weighted by Gasteiger charge is -2.37. The van der Waals surface area contributed by atoms with Gasteiger partial charge in [-0.15, -0.1) is 0 Å². The van der Waals surface area contributed by atoms with Crippen LogP contribution in [0.4, 0.5) is 0 Å². The van der Waals surface area contributed by atoms with E-state index in [0.717, 1.165) is 58.4 Å². The molecule has 3 rings (SSSR count). The zero-order valence-corrected chi connectivity index (χ0v) is 20.1. The average molecular weight is 477 g/mol. The summed E-state index contributed by atoms with van der Waals surface area (Å²) in [7, 11) is -3.29. The molecule has 1 aliphatic heterocycles. The van der Waals surface area contributed by atoms with Crippen LogP contribution >= 0.6 is 0 Å². The first-order valence-corrected chi connectivity index (χ1v) is 13.1. The summed E-state index contributed by atoms with van der Waals surface area (Å²) in [5.74, 6) is 0.461. The highest BCUT2D eigenvalue weighted by Crippen LogP contribution is 2.26. The Morgan fingerprint density at radius 3 is 2.09 bits per heavy atom. The summed E-state index contributed by atoms with van der Waals surface area (Å²) in [6.07, 6.45) is 5.31. The van der Waals surface area contributed by atoms with Crippen molar-refractivity contribution < 1.29 is 32.2 Å². The molecule has 180 valence electrons. The van der Waals surface area contributed by atoms with Gasteiger partial charge in [-0.2, -0.15) is 0 Å². The topological polar surface area (TPSA) is 88.1 Å². The van der Waals surface area contributed by atoms with Crippen molar-refractivity contribution in [2.75, 3.05) is 39.3 Å². The Balaban J connectivity index is 1.30. The molecule has 0 radical (unpaired) electrons.